The Labute approximate surface area is 99.2 Å². The highest BCUT2D eigenvalue weighted by atomic mass is 16.5. The predicted octanol–water partition coefficient (Wildman–Crippen LogP) is 2.13. The van der Waals surface area contributed by atoms with E-state index in [4.69, 9.17) is 9.47 Å². The number of hydrogen-bond acceptors (Lipinski definition) is 3. The smallest absolute Gasteiger partial charge is 0.0808 e. The van der Waals surface area contributed by atoms with Crippen molar-refractivity contribution in [1.82, 2.24) is 5.32 Å². The van der Waals surface area contributed by atoms with Crippen LogP contribution in [0, 0.1) is 0 Å². The van der Waals surface area contributed by atoms with Crippen molar-refractivity contribution in [2.45, 2.75) is 38.7 Å². The monoisotopic (exact) mass is 227 g/mol. The zero-order chi connectivity index (χ0) is 11.6. The van der Waals surface area contributed by atoms with Crippen molar-refractivity contribution in [2.75, 3.05) is 32.9 Å². The quantitative estimate of drug-likeness (QED) is 0.509. The predicted molar refractivity (Wildman–Crippen MR) is 66.7 cm³/mol. The second-order valence-corrected chi connectivity index (χ2v) is 4.43. The van der Waals surface area contributed by atoms with Gasteiger partial charge in [0, 0.05) is 13.2 Å². The first-order chi connectivity index (χ1) is 7.83. The van der Waals surface area contributed by atoms with Gasteiger partial charge >= 0.3 is 0 Å². The normalized spacial score (nSPS) is 20.9. The van der Waals surface area contributed by atoms with Gasteiger partial charge < -0.3 is 14.8 Å². The van der Waals surface area contributed by atoms with Crippen LogP contribution in [0.15, 0.2) is 12.2 Å². The van der Waals surface area contributed by atoms with Gasteiger partial charge in [-0.15, -0.1) is 0 Å². The summed E-state index contributed by atoms with van der Waals surface area (Å²) < 4.78 is 11.2. The van der Waals surface area contributed by atoms with Gasteiger partial charge in [-0.05, 0) is 37.8 Å². The number of hydrogen-bond donors (Lipinski definition) is 1. The fourth-order valence-electron chi connectivity index (χ4n) is 1.77. The van der Waals surface area contributed by atoms with Crippen LogP contribution in [0.25, 0.3) is 0 Å². The van der Waals surface area contributed by atoms with E-state index in [1.165, 1.54) is 12.8 Å². The molecule has 1 saturated heterocycles. The van der Waals surface area contributed by atoms with Gasteiger partial charge in [0.05, 0.1) is 19.3 Å². The second kappa shape index (κ2) is 8.74. The standard InChI is InChI=1S/C13H25NO2/c1-3-7-14-9-12(2)10-15-11-13-6-4-5-8-16-13/h13-14H,2-11H2,1H3. The highest BCUT2D eigenvalue weighted by molar-refractivity contribution is 4.96. The molecule has 1 heterocycles. The molecule has 0 amide bonds. The minimum Gasteiger partial charge on any atom is -0.376 e. The van der Waals surface area contributed by atoms with Crippen LogP contribution in [0.3, 0.4) is 0 Å². The molecule has 1 aliphatic rings. The lowest BCUT2D eigenvalue weighted by Gasteiger charge is -2.22. The number of ether oxygens (including phenoxy) is 2. The minimum absolute atomic E-state index is 0.310. The molecule has 1 atom stereocenters. The molecular formula is C13H25NO2. The lowest BCUT2D eigenvalue weighted by molar-refractivity contribution is -0.0365. The van der Waals surface area contributed by atoms with E-state index >= 15 is 0 Å². The summed E-state index contributed by atoms with van der Waals surface area (Å²) in [5.41, 5.74) is 1.12. The Morgan fingerprint density at radius 3 is 3.06 bits per heavy atom. The van der Waals surface area contributed by atoms with Crippen molar-refractivity contribution in [3.05, 3.63) is 12.2 Å². The first-order valence-electron chi connectivity index (χ1n) is 6.39. The van der Waals surface area contributed by atoms with Crippen LogP contribution in [0.1, 0.15) is 32.6 Å². The Bertz CT molecular complexity index is 188. The molecule has 0 bridgehead atoms. The Morgan fingerprint density at radius 1 is 1.50 bits per heavy atom. The van der Waals surface area contributed by atoms with E-state index in [0.29, 0.717) is 19.3 Å². The number of rotatable bonds is 8. The SMILES string of the molecule is C=C(CNCCC)COCC1CCCCO1. The Kier molecular flexibility index (Phi) is 7.47. The maximum Gasteiger partial charge on any atom is 0.0808 e. The van der Waals surface area contributed by atoms with Crippen molar-refractivity contribution in [2.24, 2.45) is 0 Å². The van der Waals surface area contributed by atoms with Crippen LogP contribution >= 0.6 is 0 Å². The summed E-state index contributed by atoms with van der Waals surface area (Å²) in [4.78, 5) is 0. The maximum atomic E-state index is 5.60. The molecule has 1 N–H and O–H groups in total. The molecule has 0 aromatic heterocycles. The van der Waals surface area contributed by atoms with Gasteiger partial charge in [-0.2, -0.15) is 0 Å². The van der Waals surface area contributed by atoms with Crippen molar-refractivity contribution in [3.63, 3.8) is 0 Å². The molecule has 1 aliphatic heterocycles. The van der Waals surface area contributed by atoms with E-state index in [1.807, 2.05) is 0 Å². The summed E-state index contributed by atoms with van der Waals surface area (Å²) in [5, 5.41) is 3.31. The summed E-state index contributed by atoms with van der Waals surface area (Å²) in [6.45, 7) is 10.3. The summed E-state index contributed by atoms with van der Waals surface area (Å²) in [6.07, 6.45) is 5.08. The number of nitrogens with one attached hydrogen (secondary N) is 1. The second-order valence-electron chi connectivity index (χ2n) is 4.43. The van der Waals surface area contributed by atoms with E-state index in [9.17, 15) is 0 Å². The van der Waals surface area contributed by atoms with E-state index in [0.717, 1.165) is 38.1 Å². The Morgan fingerprint density at radius 2 is 2.38 bits per heavy atom. The first kappa shape index (κ1) is 13.7. The molecule has 1 rings (SSSR count). The topological polar surface area (TPSA) is 30.5 Å². The third-order valence-electron chi connectivity index (χ3n) is 2.69. The van der Waals surface area contributed by atoms with Crippen LogP contribution in [-0.2, 0) is 9.47 Å². The van der Waals surface area contributed by atoms with Gasteiger partial charge in [-0.1, -0.05) is 13.5 Å². The highest BCUT2D eigenvalue weighted by Gasteiger charge is 2.13. The van der Waals surface area contributed by atoms with Crippen LogP contribution in [-0.4, -0.2) is 39.0 Å². The van der Waals surface area contributed by atoms with E-state index in [1.54, 1.807) is 0 Å². The average molecular weight is 227 g/mol. The average Bonchev–Trinajstić information content (AvgIpc) is 2.31. The van der Waals surface area contributed by atoms with Crippen LogP contribution < -0.4 is 5.32 Å². The van der Waals surface area contributed by atoms with Gasteiger partial charge in [0.15, 0.2) is 0 Å². The summed E-state index contributed by atoms with van der Waals surface area (Å²) in [7, 11) is 0. The zero-order valence-corrected chi connectivity index (χ0v) is 10.5. The lowest BCUT2D eigenvalue weighted by atomic mass is 10.1. The van der Waals surface area contributed by atoms with Crippen molar-refractivity contribution < 1.29 is 9.47 Å². The molecule has 3 nitrogen and oxygen atoms in total. The molecule has 1 fully saturated rings. The van der Waals surface area contributed by atoms with Gasteiger partial charge in [0.1, 0.15) is 0 Å². The summed E-state index contributed by atoms with van der Waals surface area (Å²) >= 11 is 0. The molecule has 0 aromatic rings. The van der Waals surface area contributed by atoms with Gasteiger partial charge in [-0.25, -0.2) is 0 Å². The molecule has 94 valence electrons. The van der Waals surface area contributed by atoms with Gasteiger partial charge in [0.25, 0.3) is 0 Å². The maximum absolute atomic E-state index is 5.60. The Hall–Kier alpha value is -0.380. The third kappa shape index (κ3) is 6.26. The molecule has 0 spiro atoms. The largest absolute Gasteiger partial charge is 0.376 e. The van der Waals surface area contributed by atoms with E-state index < -0.39 is 0 Å². The van der Waals surface area contributed by atoms with Crippen LogP contribution in [0.4, 0.5) is 0 Å². The molecular weight excluding hydrogens is 202 g/mol. The van der Waals surface area contributed by atoms with Crippen molar-refractivity contribution >= 4 is 0 Å². The van der Waals surface area contributed by atoms with Gasteiger partial charge in [-0.3, -0.25) is 0 Å². The Balaban J connectivity index is 1.94. The van der Waals surface area contributed by atoms with Crippen molar-refractivity contribution in [1.29, 1.82) is 0 Å². The molecule has 0 aliphatic carbocycles. The fourth-order valence-corrected chi connectivity index (χ4v) is 1.77. The highest BCUT2D eigenvalue weighted by Crippen LogP contribution is 2.12. The van der Waals surface area contributed by atoms with Gasteiger partial charge in [0.2, 0.25) is 0 Å². The third-order valence-corrected chi connectivity index (χ3v) is 2.69. The summed E-state index contributed by atoms with van der Waals surface area (Å²) in [6, 6.07) is 0. The molecule has 3 heteroatoms. The molecule has 1 unspecified atom stereocenters. The molecule has 0 saturated carbocycles. The van der Waals surface area contributed by atoms with Crippen LogP contribution in [0.2, 0.25) is 0 Å². The fraction of sp³-hybridized carbons (Fsp3) is 0.846. The molecule has 0 radical (unpaired) electrons. The van der Waals surface area contributed by atoms with E-state index in [2.05, 4.69) is 18.8 Å². The molecule has 0 aromatic carbocycles. The minimum atomic E-state index is 0.310. The molecule has 16 heavy (non-hydrogen) atoms. The summed E-state index contributed by atoms with van der Waals surface area (Å²) in [5.74, 6) is 0. The first-order valence-corrected chi connectivity index (χ1v) is 6.39. The lowest BCUT2D eigenvalue weighted by Crippen LogP contribution is -2.26. The van der Waals surface area contributed by atoms with Crippen molar-refractivity contribution in [3.8, 4) is 0 Å². The van der Waals surface area contributed by atoms with Crippen LogP contribution in [0.5, 0.6) is 0 Å². The zero-order valence-electron chi connectivity index (χ0n) is 10.5. The van der Waals surface area contributed by atoms with E-state index in [-0.39, 0.29) is 0 Å².